The van der Waals surface area contributed by atoms with Gasteiger partial charge in [-0.2, -0.15) is 0 Å². The standard InChI is InChI=1S/C14H30N2O/c1-13(2)16(12-14-6-7-14)10-5-4-8-15-9-11-17-3/h13-15H,4-12H2,1-3H3. The van der Waals surface area contributed by atoms with E-state index in [0.29, 0.717) is 6.04 Å². The number of nitrogens with one attached hydrogen (secondary N) is 1. The van der Waals surface area contributed by atoms with Gasteiger partial charge in [-0.3, -0.25) is 0 Å². The number of nitrogens with zero attached hydrogens (tertiary/aromatic N) is 1. The van der Waals surface area contributed by atoms with Crippen LogP contribution in [0.15, 0.2) is 0 Å². The maximum Gasteiger partial charge on any atom is 0.0587 e. The molecule has 0 aromatic rings. The smallest absolute Gasteiger partial charge is 0.0587 e. The molecule has 1 saturated carbocycles. The molecule has 0 bridgehead atoms. The second kappa shape index (κ2) is 8.90. The van der Waals surface area contributed by atoms with Gasteiger partial charge in [0.15, 0.2) is 0 Å². The molecule has 0 atom stereocenters. The van der Waals surface area contributed by atoms with Gasteiger partial charge in [-0.1, -0.05) is 0 Å². The van der Waals surface area contributed by atoms with Crippen LogP contribution >= 0.6 is 0 Å². The van der Waals surface area contributed by atoms with E-state index in [-0.39, 0.29) is 0 Å². The Balaban J connectivity index is 1.94. The number of rotatable bonds is 11. The zero-order valence-corrected chi connectivity index (χ0v) is 11.9. The Morgan fingerprint density at radius 3 is 2.59 bits per heavy atom. The Labute approximate surface area is 107 Å². The Kier molecular flexibility index (Phi) is 7.82. The van der Waals surface area contributed by atoms with Crippen molar-refractivity contribution in [2.24, 2.45) is 5.92 Å². The van der Waals surface area contributed by atoms with Gasteiger partial charge in [0, 0.05) is 26.2 Å². The summed E-state index contributed by atoms with van der Waals surface area (Å²) in [6.45, 7) is 10.2. The molecule has 102 valence electrons. The molecule has 0 spiro atoms. The van der Waals surface area contributed by atoms with E-state index in [2.05, 4.69) is 24.1 Å². The summed E-state index contributed by atoms with van der Waals surface area (Å²) in [5.41, 5.74) is 0. The molecule has 0 amide bonds. The third kappa shape index (κ3) is 7.74. The van der Waals surface area contributed by atoms with Crippen LogP contribution in [0.5, 0.6) is 0 Å². The van der Waals surface area contributed by atoms with Gasteiger partial charge in [0.2, 0.25) is 0 Å². The van der Waals surface area contributed by atoms with Crippen molar-refractivity contribution in [1.82, 2.24) is 10.2 Å². The lowest BCUT2D eigenvalue weighted by Gasteiger charge is -2.26. The number of hydrogen-bond acceptors (Lipinski definition) is 3. The second-order valence-electron chi connectivity index (χ2n) is 5.48. The molecule has 0 aromatic heterocycles. The van der Waals surface area contributed by atoms with Crippen LogP contribution in [-0.4, -0.2) is 50.8 Å². The molecule has 0 radical (unpaired) electrons. The zero-order valence-electron chi connectivity index (χ0n) is 11.9. The summed E-state index contributed by atoms with van der Waals surface area (Å²) in [6.07, 6.45) is 5.51. The summed E-state index contributed by atoms with van der Waals surface area (Å²) in [5, 5.41) is 3.40. The molecule has 1 aliphatic rings. The Hall–Kier alpha value is -0.120. The van der Waals surface area contributed by atoms with Crippen LogP contribution in [-0.2, 0) is 4.74 Å². The van der Waals surface area contributed by atoms with E-state index < -0.39 is 0 Å². The second-order valence-corrected chi connectivity index (χ2v) is 5.48. The molecule has 1 N–H and O–H groups in total. The average molecular weight is 242 g/mol. The van der Waals surface area contributed by atoms with Crippen LogP contribution in [0, 0.1) is 5.92 Å². The lowest BCUT2D eigenvalue weighted by atomic mass is 10.2. The predicted octanol–water partition coefficient (Wildman–Crippen LogP) is 2.12. The lowest BCUT2D eigenvalue weighted by Crippen LogP contribution is -2.34. The summed E-state index contributed by atoms with van der Waals surface area (Å²) in [4.78, 5) is 2.65. The topological polar surface area (TPSA) is 24.5 Å². The predicted molar refractivity (Wildman–Crippen MR) is 73.4 cm³/mol. The van der Waals surface area contributed by atoms with Crippen LogP contribution in [0.2, 0.25) is 0 Å². The molecular formula is C14H30N2O. The molecule has 1 fully saturated rings. The number of methoxy groups -OCH3 is 1. The van der Waals surface area contributed by atoms with E-state index in [1.165, 1.54) is 38.8 Å². The van der Waals surface area contributed by atoms with Crippen molar-refractivity contribution in [2.75, 3.05) is 39.9 Å². The minimum Gasteiger partial charge on any atom is -0.383 e. The minimum atomic E-state index is 0.706. The van der Waals surface area contributed by atoms with Crippen molar-refractivity contribution in [2.45, 2.75) is 45.6 Å². The fraction of sp³-hybridized carbons (Fsp3) is 1.00. The monoisotopic (exact) mass is 242 g/mol. The van der Waals surface area contributed by atoms with Crippen molar-refractivity contribution in [3.8, 4) is 0 Å². The lowest BCUT2D eigenvalue weighted by molar-refractivity contribution is 0.197. The minimum absolute atomic E-state index is 0.706. The SMILES string of the molecule is COCCNCCCCN(CC1CC1)C(C)C. The van der Waals surface area contributed by atoms with E-state index in [0.717, 1.165) is 25.6 Å². The van der Waals surface area contributed by atoms with E-state index in [1.54, 1.807) is 7.11 Å². The van der Waals surface area contributed by atoms with E-state index in [9.17, 15) is 0 Å². The molecule has 1 aliphatic carbocycles. The Bertz CT molecular complexity index is 181. The van der Waals surface area contributed by atoms with E-state index >= 15 is 0 Å². The third-order valence-corrected chi connectivity index (χ3v) is 3.45. The first-order valence-electron chi connectivity index (χ1n) is 7.17. The highest BCUT2D eigenvalue weighted by Gasteiger charge is 2.24. The first kappa shape index (κ1) is 14.9. The van der Waals surface area contributed by atoms with Crippen LogP contribution in [0.4, 0.5) is 0 Å². The summed E-state index contributed by atoms with van der Waals surface area (Å²) in [5.74, 6) is 1.01. The first-order chi connectivity index (χ1) is 8.24. The summed E-state index contributed by atoms with van der Waals surface area (Å²) in [7, 11) is 1.75. The molecule has 3 nitrogen and oxygen atoms in total. The van der Waals surface area contributed by atoms with Crippen LogP contribution in [0.1, 0.15) is 39.5 Å². The van der Waals surface area contributed by atoms with Gasteiger partial charge in [0.1, 0.15) is 0 Å². The van der Waals surface area contributed by atoms with Crippen molar-refractivity contribution < 1.29 is 4.74 Å². The number of unbranched alkanes of at least 4 members (excludes halogenated alkanes) is 1. The maximum atomic E-state index is 5.00. The molecule has 1 rings (SSSR count). The molecule has 0 aromatic carbocycles. The van der Waals surface area contributed by atoms with Gasteiger partial charge >= 0.3 is 0 Å². The Morgan fingerprint density at radius 2 is 2.00 bits per heavy atom. The molecule has 0 heterocycles. The normalized spacial score (nSPS) is 16.1. The molecular weight excluding hydrogens is 212 g/mol. The summed E-state index contributed by atoms with van der Waals surface area (Å²) >= 11 is 0. The van der Waals surface area contributed by atoms with E-state index in [4.69, 9.17) is 4.74 Å². The highest BCUT2D eigenvalue weighted by Crippen LogP contribution is 2.30. The molecule has 0 aliphatic heterocycles. The summed E-state index contributed by atoms with van der Waals surface area (Å²) in [6, 6.07) is 0.706. The van der Waals surface area contributed by atoms with Crippen molar-refractivity contribution >= 4 is 0 Å². The molecule has 3 heteroatoms. The molecule has 0 unspecified atom stereocenters. The van der Waals surface area contributed by atoms with Crippen molar-refractivity contribution in [1.29, 1.82) is 0 Å². The van der Waals surface area contributed by atoms with Gasteiger partial charge < -0.3 is 15.0 Å². The van der Waals surface area contributed by atoms with Crippen molar-refractivity contribution in [3.63, 3.8) is 0 Å². The molecule has 17 heavy (non-hydrogen) atoms. The number of hydrogen-bond donors (Lipinski definition) is 1. The van der Waals surface area contributed by atoms with Crippen LogP contribution in [0.3, 0.4) is 0 Å². The number of ether oxygens (including phenoxy) is 1. The largest absolute Gasteiger partial charge is 0.383 e. The van der Waals surface area contributed by atoms with Crippen LogP contribution < -0.4 is 5.32 Å². The highest BCUT2D eigenvalue weighted by atomic mass is 16.5. The van der Waals surface area contributed by atoms with E-state index in [1.807, 2.05) is 0 Å². The Morgan fingerprint density at radius 1 is 1.24 bits per heavy atom. The highest BCUT2D eigenvalue weighted by molar-refractivity contribution is 4.78. The quantitative estimate of drug-likeness (QED) is 0.562. The average Bonchev–Trinajstić information content (AvgIpc) is 3.10. The van der Waals surface area contributed by atoms with Gasteiger partial charge in [0.25, 0.3) is 0 Å². The van der Waals surface area contributed by atoms with Gasteiger partial charge in [0.05, 0.1) is 6.61 Å². The fourth-order valence-electron chi connectivity index (χ4n) is 2.06. The van der Waals surface area contributed by atoms with Gasteiger partial charge in [-0.15, -0.1) is 0 Å². The zero-order chi connectivity index (χ0) is 12.5. The maximum absolute atomic E-state index is 5.00. The van der Waals surface area contributed by atoms with Gasteiger partial charge in [-0.25, -0.2) is 0 Å². The summed E-state index contributed by atoms with van der Waals surface area (Å²) < 4.78 is 5.00. The van der Waals surface area contributed by atoms with Crippen molar-refractivity contribution in [3.05, 3.63) is 0 Å². The third-order valence-electron chi connectivity index (χ3n) is 3.45. The first-order valence-corrected chi connectivity index (χ1v) is 7.17. The molecule has 0 saturated heterocycles. The van der Waals surface area contributed by atoms with Gasteiger partial charge in [-0.05, 0) is 58.5 Å². The fourth-order valence-corrected chi connectivity index (χ4v) is 2.06. The van der Waals surface area contributed by atoms with Crippen LogP contribution in [0.25, 0.3) is 0 Å².